The third-order valence-corrected chi connectivity index (χ3v) is 2.47. The number of anilines is 1. The molecule has 2 rings (SSSR count). The van der Waals surface area contributed by atoms with Crippen LogP contribution in [-0.4, -0.2) is 38.0 Å². The lowest BCUT2D eigenvalue weighted by Gasteiger charge is -2.08. The fourth-order valence-electron chi connectivity index (χ4n) is 1.80. The predicted octanol–water partition coefficient (Wildman–Crippen LogP) is 0.992. The molecular formula is C12H17N5O. The summed E-state index contributed by atoms with van der Waals surface area (Å²) in [5.74, 6) is 2.09. The van der Waals surface area contributed by atoms with Crippen LogP contribution in [0.15, 0.2) is 12.1 Å². The van der Waals surface area contributed by atoms with E-state index < -0.39 is 0 Å². The van der Waals surface area contributed by atoms with Crippen LogP contribution in [-0.2, 0) is 0 Å². The van der Waals surface area contributed by atoms with Gasteiger partial charge in [0.05, 0.1) is 12.3 Å². The molecule has 0 bridgehead atoms. The number of rotatable bonds is 4. The van der Waals surface area contributed by atoms with Crippen molar-refractivity contribution >= 4 is 5.82 Å². The normalized spacial score (nSPS) is 10.7. The molecule has 6 heteroatoms. The summed E-state index contributed by atoms with van der Waals surface area (Å²) in [6.45, 7) is 6.30. The van der Waals surface area contributed by atoms with Crippen LogP contribution >= 0.6 is 0 Å². The fraction of sp³-hybridized carbons (Fsp3) is 0.417. The first-order valence-corrected chi connectivity index (χ1v) is 5.84. The summed E-state index contributed by atoms with van der Waals surface area (Å²) < 4.78 is 1.79. The van der Waals surface area contributed by atoms with Crippen molar-refractivity contribution in [1.82, 2.24) is 19.7 Å². The van der Waals surface area contributed by atoms with Gasteiger partial charge in [-0.15, -0.1) is 0 Å². The number of nitrogens with zero attached hydrogens (tertiary/aromatic N) is 4. The monoisotopic (exact) mass is 247 g/mol. The Hall–Kier alpha value is -1.95. The molecule has 0 aliphatic rings. The van der Waals surface area contributed by atoms with E-state index in [2.05, 4.69) is 20.4 Å². The number of aliphatic hydroxyl groups excluding tert-OH is 1. The third kappa shape index (κ3) is 2.65. The summed E-state index contributed by atoms with van der Waals surface area (Å²) >= 11 is 0. The van der Waals surface area contributed by atoms with Crippen molar-refractivity contribution in [3.05, 3.63) is 29.3 Å². The molecule has 96 valence electrons. The lowest BCUT2D eigenvalue weighted by atomic mass is 10.4. The highest BCUT2D eigenvalue weighted by molar-refractivity contribution is 5.42. The molecule has 0 aliphatic heterocycles. The van der Waals surface area contributed by atoms with Crippen LogP contribution in [0.4, 0.5) is 5.82 Å². The summed E-state index contributed by atoms with van der Waals surface area (Å²) in [7, 11) is 0. The molecule has 2 aromatic rings. The number of hydrogen-bond acceptors (Lipinski definition) is 5. The molecule has 0 aliphatic carbocycles. The Morgan fingerprint density at radius 3 is 2.61 bits per heavy atom. The van der Waals surface area contributed by atoms with Crippen LogP contribution in [0.2, 0.25) is 0 Å². The van der Waals surface area contributed by atoms with E-state index in [9.17, 15) is 0 Å². The van der Waals surface area contributed by atoms with Crippen molar-refractivity contribution in [2.45, 2.75) is 20.8 Å². The van der Waals surface area contributed by atoms with Crippen molar-refractivity contribution < 1.29 is 5.11 Å². The van der Waals surface area contributed by atoms with Gasteiger partial charge >= 0.3 is 0 Å². The van der Waals surface area contributed by atoms with Crippen molar-refractivity contribution in [3.8, 4) is 5.82 Å². The summed E-state index contributed by atoms with van der Waals surface area (Å²) in [5, 5.41) is 16.2. The van der Waals surface area contributed by atoms with E-state index >= 15 is 0 Å². The molecule has 0 amide bonds. The second-order valence-electron chi connectivity index (χ2n) is 4.15. The zero-order chi connectivity index (χ0) is 13.1. The molecule has 0 radical (unpaired) electrons. The number of aryl methyl sites for hydroxylation is 3. The standard InChI is InChI=1S/C12H17N5O/c1-8-6-9(2)17(16-8)12-7-11(13-4-5-18)14-10(3)15-12/h6-7,18H,4-5H2,1-3H3,(H,13,14,15). The smallest absolute Gasteiger partial charge is 0.159 e. The fourth-order valence-corrected chi connectivity index (χ4v) is 1.80. The number of aromatic nitrogens is 4. The van der Waals surface area contributed by atoms with E-state index in [0.29, 0.717) is 18.2 Å². The van der Waals surface area contributed by atoms with Gasteiger partial charge in [0.25, 0.3) is 0 Å². The maximum Gasteiger partial charge on any atom is 0.159 e. The van der Waals surface area contributed by atoms with Gasteiger partial charge in [0.2, 0.25) is 0 Å². The van der Waals surface area contributed by atoms with Crippen LogP contribution in [0.3, 0.4) is 0 Å². The second-order valence-corrected chi connectivity index (χ2v) is 4.15. The third-order valence-electron chi connectivity index (χ3n) is 2.47. The van der Waals surface area contributed by atoms with Gasteiger partial charge in [-0.1, -0.05) is 0 Å². The van der Waals surface area contributed by atoms with Gasteiger partial charge < -0.3 is 10.4 Å². The quantitative estimate of drug-likeness (QED) is 0.842. The SMILES string of the molecule is Cc1cc(C)n(-c2cc(NCCO)nc(C)n2)n1. The Labute approximate surface area is 106 Å². The Morgan fingerprint density at radius 2 is 2.00 bits per heavy atom. The zero-order valence-electron chi connectivity index (χ0n) is 10.8. The summed E-state index contributed by atoms with van der Waals surface area (Å²) in [4.78, 5) is 8.63. The molecule has 18 heavy (non-hydrogen) atoms. The molecule has 0 saturated heterocycles. The van der Waals surface area contributed by atoms with E-state index in [-0.39, 0.29) is 6.61 Å². The Balaban J connectivity index is 2.38. The maximum absolute atomic E-state index is 8.81. The maximum atomic E-state index is 8.81. The van der Waals surface area contributed by atoms with E-state index in [4.69, 9.17) is 5.11 Å². The highest BCUT2D eigenvalue weighted by Gasteiger charge is 2.07. The van der Waals surface area contributed by atoms with E-state index in [1.807, 2.05) is 32.9 Å². The molecular weight excluding hydrogens is 230 g/mol. The topological polar surface area (TPSA) is 75.9 Å². The second kappa shape index (κ2) is 5.14. The first-order chi connectivity index (χ1) is 8.60. The molecule has 2 N–H and O–H groups in total. The highest BCUT2D eigenvalue weighted by Crippen LogP contribution is 2.13. The van der Waals surface area contributed by atoms with Gasteiger partial charge in [-0.05, 0) is 26.8 Å². The van der Waals surface area contributed by atoms with Gasteiger partial charge in [-0.2, -0.15) is 5.10 Å². The van der Waals surface area contributed by atoms with Crippen molar-refractivity contribution in [2.24, 2.45) is 0 Å². The van der Waals surface area contributed by atoms with Crippen LogP contribution in [0, 0.1) is 20.8 Å². The van der Waals surface area contributed by atoms with Crippen LogP contribution in [0.5, 0.6) is 0 Å². The minimum Gasteiger partial charge on any atom is -0.395 e. The Bertz CT molecular complexity index is 549. The van der Waals surface area contributed by atoms with Gasteiger partial charge in [-0.3, -0.25) is 0 Å². The largest absolute Gasteiger partial charge is 0.395 e. The summed E-state index contributed by atoms with van der Waals surface area (Å²) in [6, 6.07) is 3.82. The van der Waals surface area contributed by atoms with Gasteiger partial charge in [0.1, 0.15) is 11.6 Å². The van der Waals surface area contributed by atoms with E-state index in [0.717, 1.165) is 17.2 Å². The Morgan fingerprint density at radius 1 is 1.22 bits per heavy atom. The minimum absolute atomic E-state index is 0.0677. The zero-order valence-corrected chi connectivity index (χ0v) is 10.8. The van der Waals surface area contributed by atoms with Gasteiger partial charge in [0, 0.05) is 18.3 Å². The predicted molar refractivity (Wildman–Crippen MR) is 68.9 cm³/mol. The number of nitrogens with one attached hydrogen (secondary N) is 1. The lowest BCUT2D eigenvalue weighted by molar-refractivity contribution is 0.311. The molecule has 0 aromatic carbocycles. The average Bonchev–Trinajstić information content (AvgIpc) is 2.65. The number of hydrogen-bond donors (Lipinski definition) is 2. The molecule has 0 unspecified atom stereocenters. The average molecular weight is 247 g/mol. The Kier molecular flexibility index (Phi) is 3.57. The van der Waals surface area contributed by atoms with Crippen molar-refractivity contribution in [3.63, 3.8) is 0 Å². The van der Waals surface area contributed by atoms with Crippen LogP contribution < -0.4 is 5.32 Å². The molecule has 0 fully saturated rings. The molecule has 6 nitrogen and oxygen atoms in total. The molecule has 0 atom stereocenters. The van der Waals surface area contributed by atoms with Crippen molar-refractivity contribution in [1.29, 1.82) is 0 Å². The van der Waals surface area contributed by atoms with Crippen molar-refractivity contribution in [2.75, 3.05) is 18.5 Å². The van der Waals surface area contributed by atoms with Gasteiger partial charge in [0.15, 0.2) is 5.82 Å². The first-order valence-electron chi connectivity index (χ1n) is 5.84. The van der Waals surface area contributed by atoms with Crippen LogP contribution in [0.1, 0.15) is 17.2 Å². The lowest BCUT2D eigenvalue weighted by Crippen LogP contribution is -2.10. The summed E-state index contributed by atoms with van der Waals surface area (Å²) in [5.41, 5.74) is 1.98. The molecule has 0 saturated carbocycles. The minimum atomic E-state index is 0.0677. The van der Waals surface area contributed by atoms with E-state index in [1.165, 1.54) is 0 Å². The molecule has 0 spiro atoms. The van der Waals surface area contributed by atoms with Crippen LogP contribution in [0.25, 0.3) is 5.82 Å². The molecule has 2 heterocycles. The van der Waals surface area contributed by atoms with E-state index in [1.54, 1.807) is 4.68 Å². The first kappa shape index (κ1) is 12.5. The highest BCUT2D eigenvalue weighted by atomic mass is 16.3. The van der Waals surface area contributed by atoms with Gasteiger partial charge in [-0.25, -0.2) is 14.6 Å². The number of aliphatic hydroxyl groups is 1. The molecule has 2 aromatic heterocycles. The summed E-state index contributed by atoms with van der Waals surface area (Å²) in [6.07, 6.45) is 0.